The zero-order valence-electron chi connectivity index (χ0n) is 26.5. The number of terminal acetylenes is 1. The summed E-state index contributed by atoms with van der Waals surface area (Å²) in [5.41, 5.74) is -0.429. The zero-order valence-corrected chi connectivity index (χ0v) is 26.5. The molecule has 3 N–H and O–H groups in total. The quantitative estimate of drug-likeness (QED) is 0.157. The molecule has 4 atom stereocenters. The molecule has 4 aromatic rings. The fraction of sp³-hybridized carbons (Fsp3) is 0.444. The molecule has 0 bridgehead atoms. The number of ether oxygens (including phenoxy) is 1. The van der Waals surface area contributed by atoms with E-state index in [0.29, 0.717) is 41.8 Å². The molecule has 1 aromatic heterocycles. The number of alkyl halides is 1. The molecular formula is C36H40F3N5O2. The second kappa shape index (κ2) is 13.0. The standard InChI is InChI=1S/C36H40F3N5O2/c1-5-21(3)17-40-22(4)18-41-34-28-15-29(38)31(27-14-26(45)13-24-10-7-9-23(6-2)30(24)27)32(39)33(28)42-35(43-34)46-20-36-11-8-12-44(36)19-25(37)16-36/h2,7,9-10,13-15,21-22,25,40,45H,5,8,11-12,16-20H2,1,3-4H3,(H,41,42,43)/t21-,22?,25?,36-/m0/s1. The lowest BCUT2D eigenvalue weighted by Crippen LogP contribution is -2.43. The summed E-state index contributed by atoms with van der Waals surface area (Å²) in [6, 6.07) is 9.09. The third kappa shape index (κ3) is 6.06. The third-order valence-electron chi connectivity index (χ3n) is 9.57. The van der Waals surface area contributed by atoms with Crippen LogP contribution in [0.4, 0.5) is 19.0 Å². The van der Waals surface area contributed by atoms with Gasteiger partial charge in [-0.25, -0.2) is 13.2 Å². The van der Waals surface area contributed by atoms with Crippen molar-refractivity contribution in [1.82, 2.24) is 20.2 Å². The average Bonchev–Trinajstić information content (AvgIpc) is 3.56. The maximum absolute atomic E-state index is 16.7. The molecule has 0 radical (unpaired) electrons. The lowest BCUT2D eigenvalue weighted by Gasteiger charge is -2.30. The molecule has 7 nitrogen and oxygen atoms in total. The fourth-order valence-corrected chi connectivity index (χ4v) is 6.87. The van der Waals surface area contributed by atoms with Crippen LogP contribution in [-0.4, -0.2) is 70.5 Å². The SMILES string of the molecule is C#Cc1cccc2cc(O)cc(-c3c(F)cc4c(NCC(C)NC[C@@H](C)CC)nc(OC[C@@]56CCCN5CC(F)C6)nc4c3F)c12. The second-order valence-corrected chi connectivity index (χ2v) is 12.9. The summed E-state index contributed by atoms with van der Waals surface area (Å²) in [5, 5.41) is 18.4. The highest BCUT2D eigenvalue weighted by atomic mass is 19.1. The molecule has 0 saturated carbocycles. The molecule has 6 rings (SSSR count). The molecule has 0 spiro atoms. The van der Waals surface area contributed by atoms with Crippen molar-refractivity contribution >= 4 is 27.5 Å². The van der Waals surface area contributed by atoms with E-state index >= 15 is 8.78 Å². The summed E-state index contributed by atoms with van der Waals surface area (Å²) in [4.78, 5) is 11.1. The van der Waals surface area contributed by atoms with Gasteiger partial charge in [-0.2, -0.15) is 9.97 Å². The highest BCUT2D eigenvalue weighted by Gasteiger charge is 2.49. The van der Waals surface area contributed by atoms with E-state index in [4.69, 9.17) is 11.2 Å². The Morgan fingerprint density at radius 2 is 2.02 bits per heavy atom. The first kappa shape index (κ1) is 31.9. The highest BCUT2D eigenvalue weighted by molar-refractivity contribution is 6.04. The summed E-state index contributed by atoms with van der Waals surface area (Å²) >= 11 is 0. The number of rotatable bonds is 11. The first-order chi connectivity index (χ1) is 22.1. The summed E-state index contributed by atoms with van der Waals surface area (Å²) in [6.45, 7) is 8.90. The lowest BCUT2D eigenvalue weighted by molar-refractivity contribution is 0.107. The largest absolute Gasteiger partial charge is 0.508 e. The van der Waals surface area contributed by atoms with Crippen molar-refractivity contribution in [3.63, 3.8) is 0 Å². The Morgan fingerprint density at radius 1 is 1.20 bits per heavy atom. The molecule has 2 aliphatic rings. The number of aromatic hydroxyl groups is 1. The van der Waals surface area contributed by atoms with Gasteiger partial charge >= 0.3 is 6.01 Å². The van der Waals surface area contributed by atoms with Crippen LogP contribution in [0.25, 0.3) is 32.8 Å². The number of phenols is 1. The van der Waals surface area contributed by atoms with Crippen molar-refractivity contribution in [1.29, 1.82) is 0 Å². The Kier molecular flexibility index (Phi) is 8.99. The number of hydrogen-bond acceptors (Lipinski definition) is 7. The lowest BCUT2D eigenvalue weighted by atomic mass is 9.93. The number of anilines is 1. The highest BCUT2D eigenvalue weighted by Crippen LogP contribution is 2.42. The van der Waals surface area contributed by atoms with Gasteiger partial charge < -0.3 is 20.5 Å². The van der Waals surface area contributed by atoms with Crippen LogP contribution in [0.3, 0.4) is 0 Å². The van der Waals surface area contributed by atoms with Crippen LogP contribution in [0.5, 0.6) is 11.8 Å². The fourth-order valence-electron chi connectivity index (χ4n) is 6.87. The molecule has 2 unspecified atom stereocenters. The minimum atomic E-state index is -0.934. The van der Waals surface area contributed by atoms with Crippen molar-refractivity contribution in [2.75, 3.05) is 38.1 Å². The first-order valence-electron chi connectivity index (χ1n) is 16.0. The summed E-state index contributed by atoms with van der Waals surface area (Å²) in [5.74, 6) is 1.37. The van der Waals surface area contributed by atoms with Crippen LogP contribution >= 0.6 is 0 Å². The van der Waals surface area contributed by atoms with Gasteiger partial charge in [-0.1, -0.05) is 38.3 Å². The van der Waals surface area contributed by atoms with Gasteiger partial charge in [0.2, 0.25) is 0 Å². The van der Waals surface area contributed by atoms with Crippen molar-refractivity contribution in [3.8, 4) is 35.2 Å². The number of aromatic nitrogens is 2. The van der Waals surface area contributed by atoms with Crippen molar-refractivity contribution in [2.24, 2.45) is 5.92 Å². The Bertz CT molecular complexity index is 1810. The number of benzene rings is 3. The van der Waals surface area contributed by atoms with Crippen LogP contribution in [0.15, 0.2) is 36.4 Å². The van der Waals surface area contributed by atoms with Gasteiger partial charge in [0.15, 0.2) is 5.82 Å². The third-order valence-corrected chi connectivity index (χ3v) is 9.57. The predicted octanol–water partition coefficient (Wildman–Crippen LogP) is 6.81. The predicted molar refractivity (Wildman–Crippen MR) is 176 cm³/mol. The van der Waals surface area contributed by atoms with Gasteiger partial charge in [0, 0.05) is 47.5 Å². The molecule has 3 heterocycles. The minimum absolute atomic E-state index is 0.0316. The van der Waals surface area contributed by atoms with Crippen LogP contribution in [0.2, 0.25) is 0 Å². The van der Waals surface area contributed by atoms with Crippen LogP contribution < -0.4 is 15.4 Å². The van der Waals surface area contributed by atoms with Gasteiger partial charge in [0.25, 0.3) is 0 Å². The zero-order chi connectivity index (χ0) is 32.6. The van der Waals surface area contributed by atoms with Crippen LogP contribution in [0.1, 0.15) is 52.0 Å². The van der Waals surface area contributed by atoms with Crippen molar-refractivity contribution < 1.29 is 23.0 Å². The molecule has 2 saturated heterocycles. The van der Waals surface area contributed by atoms with E-state index in [0.717, 1.165) is 32.4 Å². The minimum Gasteiger partial charge on any atom is -0.508 e. The molecule has 10 heteroatoms. The molecule has 2 fully saturated rings. The topological polar surface area (TPSA) is 82.5 Å². The molecule has 0 aliphatic carbocycles. The molecule has 3 aromatic carbocycles. The summed E-state index contributed by atoms with van der Waals surface area (Å²) in [6.07, 6.45) is 7.96. The van der Waals surface area contributed by atoms with Gasteiger partial charge in [-0.3, -0.25) is 4.90 Å². The van der Waals surface area contributed by atoms with Gasteiger partial charge in [-0.15, -0.1) is 6.42 Å². The van der Waals surface area contributed by atoms with Crippen molar-refractivity contribution in [2.45, 2.75) is 64.2 Å². The maximum atomic E-state index is 16.7. The van der Waals surface area contributed by atoms with E-state index in [2.05, 4.69) is 45.3 Å². The monoisotopic (exact) mass is 631 g/mol. The molecule has 2 aliphatic heterocycles. The van der Waals surface area contributed by atoms with E-state index in [9.17, 15) is 9.50 Å². The van der Waals surface area contributed by atoms with E-state index in [1.165, 1.54) is 18.2 Å². The number of hydrogen-bond donors (Lipinski definition) is 3. The van der Waals surface area contributed by atoms with Crippen molar-refractivity contribution in [3.05, 3.63) is 53.6 Å². The number of fused-ring (bicyclic) bond motifs is 3. The number of nitrogens with one attached hydrogen (secondary N) is 2. The Labute approximate surface area is 267 Å². The average molecular weight is 632 g/mol. The summed E-state index contributed by atoms with van der Waals surface area (Å²) in [7, 11) is 0. The molecule has 0 amide bonds. The van der Waals surface area contributed by atoms with Crippen LogP contribution in [0, 0.1) is 29.9 Å². The van der Waals surface area contributed by atoms with E-state index in [1.54, 1.807) is 18.2 Å². The van der Waals surface area contributed by atoms with E-state index < -0.39 is 23.3 Å². The molecule has 46 heavy (non-hydrogen) atoms. The van der Waals surface area contributed by atoms with Crippen LogP contribution in [-0.2, 0) is 0 Å². The van der Waals surface area contributed by atoms with E-state index in [-0.39, 0.29) is 52.3 Å². The summed E-state index contributed by atoms with van der Waals surface area (Å²) < 4.78 is 53.4. The smallest absolute Gasteiger partial charge is 0.319 e. The maximum Gasteiger partial charge on any atom is 0.319 e. The second-order valence-electron chi connectivity index (χ2n) is 12.9. The van der Waals surface area contributed by atoms with E-state index in [1.807, 2.05) is 6.92 Å². The Morgan fingerprint density at radius 3 is 2.80 bits per heavy atom. The number of halogens is 3. The van der Waals surface area contributed by atoms with Gasteiger partial charge in [-0.05, 0) is 68.4 Å². The Balaban J connectivity index is 1.43. The number of phenolic OH excluding ortho intramolecular Hbond substituents is 1. The van der Waals surface area contributed by atoms with Gasteiger partial charge in [0.05, 0.1) is 11.1 Å². The molecule has 242 valence electrons. The number of nitrogens with zero attached hydrogens (tertiary/aromatic N) is 3. The molecular weight excluding hydrogens is 591 g/mol. The van der Waals surface area contributed by atoms with Gasteiger partial charge in [0.1, 0.15) is 35.7 Å². The Hall–Kier alpha value is -4.07. The normalized spacial score (nSPS) is 20.9. The first-order valence-corrected chi connectivity index (χ1v) is 16.0.